The highest BCUT2D eigenvalue weighted by Crippen LogP contribution is 2.36. The van der Waals surface area contributed by atoms with Crippen molar-refractivity contribution in [1.29, 1.82) is 0 Å². The van der Waals surface area contributed by atoms with Crippen molar-refractivity contribution < 1.29 is 19.4 Å². The van der Waals surface area contributed by atoms with Gasteiger partial charge in [-0.25, -0.2) is 19.1 Å². The number of fused-ring (bicyclic) bond motifs is 1. The van der Waals surface area contributed by atoms with Crippen LogP contribution in [0.25, 0.3) is 21.0 Å². The van der Waals surface area contributed by atoms with E-state index in [4.69, 9.17) is 4.42 Å². The van der Waals surface area contributed by atoms with E-state index >= 15 is 0 Å². The number of carboxylic acid groups (broad SMARTS) is 1. The molecule has 0 saturated heterocycles. The average molecular weight is 470 g/mol. The first-order valence-electron chi connectivity index (χ1n) is 10.2. The van der Waals surface area contributed by atoms with E-state index in [0.29, 0.717) is 20.8 Å². The monoisotopic (exact) mass is 469 g/mol. The maximum absolute atomic E-state index is 13.6. The van der Waals surface area contributed by atoms with Crippen molar-refractivity contribution in [3.63, 3.8) is 0 Å². The molecule has 10 heteroatoms. The third-order valence-electron chi connectivity index (χ3n) is 5.78. The lowest BCUT2D eigenvalue weighted by molar-refractivity contribution is -0.146. The summed E-state index contributed by atoms with van der Waals surface area (Å²) in [4.78, 5) is 44.0. The van der Waals surface area contributed by atoms with E-state index in [1.54, 1.807) is 38.1 Å². The van der Waals surface area contributed by atoms with Gasteiger partial charge < -0.3 is 14.6 Å². The summed E-state index contributed by atoms with van der Waals surface area (Å²) in [6.07, 6.45) is 2.87. The van der Waals surface area contributed by atoms with E-state index in [0.717, 1.165) is 15.9 Å². The normalized spacial score (nSPS) is 13.8. The molecule has 0 radical (unpaired) electrons. The number of carboxylic acids is 1. The number of aliphatic hydroxyl groups is 1. The molecule has 9 nitrogen and oxygen atoms in total. The number of nitrogens with zero attached hydrogens (tertiary/aromatic N) is 3. The lowest BCUT2D eigenvalue weighted by Gasteiger charge is -2.28. The summed E-state index contributed by atoms with van der Waals surface area (Å²) in [6.45, 7) is 5.64. The minimum absolute atomic E-state index is 0.186. The fraction of sp³-hybridized carbons (Fsp3) is 0.304. The van der Waals surface area contributed by atoms with Crippen molar-refractivity contribution >= 4 is 27.5 Å². The SMILES string of the molecule is Cc1c(-c2ncco2)sc2c1c(=O)n(C(C)(C)C(=O)O)c(=O)n2C[C@@](C)(O)c1ccccc1. The van der Waals surface area contributed by atoms with Crippen LogP contribution < -0.4 is 11.2 Å². The fourth-order valence-electron chi connectivity index (χ4n) is 3.81. The first-order chi connectivity index (χ1) is 15.5. The molecule has 0 aliphatic rings. The number of hydrogen-bond donors (Lipinski definition) is 2. The second kappa shape index (κ2) is 7.82. The van der Waals surface area contributed by atoms with Crippen LogP contribution in [0.5, 0.6) is 0 Å². The number of benzene rings is 1. The molecule has 2 N–H and O–H groups in total. The Labute approximate surface area is 192 Å². The number of aliphatic carboxylic acids is 1. The maximum Gasteiger partial charge on any atom is 0.333 e. The van der Waals surface area contributed by atoms with Crippen LogP contribution in [0.4, 0.5) is 0 Å². The van der Waals surface area contributed by atoms with Crippen LogP contribution in [0, 0.1) is 6.92 Å². The predicted molar refractivity (Wildman–Crippen MR) is 124 cm³/mol. The van der Waals surface area contributed by atoms with Crippen molar-refractivity contribution in [2.24, 2.45) is 0 Å². The molecule has 0 unspecified atom stereocenters. The molecule has 3 heterocycles. The van der Waals surface area contributed by atoms with Crippen LogP contribution in [0.1, 0.15) is 31.9 Å². The molecule has 1 atom stereocenters. The van der Waals surface area contributed by atoms with Crippen molar-refractivity contribution in [3.8, 4) is 10.8 Å². The van der Waals surface area contributed by atoms with E-state index in [1.807, 2.05) is 6.07 Å². The summed E-state index contributed by atoms with van der Waals surface area (Å²) in [5.74, 6) is -1.05. The molecule has 3 aromatic heterocycles. The molecule has 0 aliphatic carbocycles. The van der Waals surface area contributed by atoms with Crippen LogP contribution in [0.2, 0.25) is 0 Å². The average Bonchev–Trinajstić information content (AvgIpc) is 3.39. The van der Waals surface area contributed by atoms with Crippen LogP contribution in [0.3, 0.4) is 0 Å². The molecule has 4 rings (SSSR count). The van der Waals surface area contributed by atoms with Gasteiger partial charge in [0.1, 0.15) is 22.2 Å². The Bertz CT molecular complexity index is 1460. The molecule has 0 amide bonds. The minimum atomic E-state index is -1.82. The second-order valence-corrected chi connectivity index (χ2v) is 9.59. The minimum Gasteiger partial charge on any atom is -0.480 e. The highest BCUT2D eigenvalue weighted by Gasteiger charge is 2.36. The zero-order valence-electron chi connectivity index (χ0n) is 18.5. The van der Waals surface area contributed by atoms with Gasteiger partial charge in [0.25, 0.3) is 5.56 Å². The van der Waals surface area contributed by atoms with Gasteiger partial charge in [-0.3, -0.25) is 9.36 Å². The molecule has 0 spiro atoms. The number of hydrogen-bond acceptors (Lipinski definition) is 7. The number of aromatic nitrogens is 3. The summed E-state index contributed by atoms with van der Waals surface area (Å²) >= 11 is 1.14. The zero-order chi connectivity index (χ0) is 24.1. The van der Waals surface area contributed by atoms with Gasteiger partial charge in [0, 0.05) is 0 Å². The Morgan fingerprint density at radius 3 is 2.42 bits per heavy atom. The maximum atomic E-state index is 13.6. The topological polar surface area (TPSA) is 128 Å². The summed E-state index contributed by atoms with van der Waals surface area (Å²) in [5, 5.41) is 21.2. The predicted octanol–water partition coefficient (Wildman–Crippen LogP) is 2.92. The number of rotatable bonds is 6. The number of oxazole rings is 1. The Morgan fingerprint density at radius 2 is 1.85 bits per heavy atom. The summed E-state index contributed by atoms with van der Waals surface area (Å²) in [6, 6.07) is 8.82. The molecule has 1 aromatic carbocycles. The first-order valence-corrected chi connectivity index (χ1v) is 11.0. The smallest absolute Gasteiger partial charge is 0.333 e. The van der Waals surface area contributed by atoms with Crippen molar-refractivity contribution in [1.82, 2.24) is 14.1 Å². The molecule has 0 fully saturated rings. The summed E-state index contributed by atoms with van der Waals surface area (Å²) in [7, 11) is 0. The Morgan fingerprint density at radius 1 is 1.18 bits per heavy atom. The van der Waals surface area contributed by atoms with Crippen molar-refractivity contribution in [2.75, 3.05) is 0 Å². The van der Waals surface area contributed by atoms with Gasteiger partial charge in [0.05, 0.1) is 23.0 Å². The van der Waals surface area contributed by atoms with E-state index in [1.165, 1.54) is 30.9 Å². The van der Waals surface area contributed by atoms with Gasteiger partial charge in [-0.1, -0.05) is 30.3 Å². The first kappa shape index (κ1) is 22.7. The quantitative estimate of drug-likeness (QED) is 0.444. The third-order valence-corrected chi connectivity index (χ3v) is 7.09. The molecule has 0 aliphatic heterocycles. The molecule has 33 heavy (non-hydrogen) atoms. The lowest BCUT2D eigenvalue weighted by atomic mass is 9.96. The van der Waals surface area contributed by atoms with E-state index in [-0.39, 0.29) is 17.8 Å². The summed E-state index contributed by atoms with van der Waals surface area (Å²) in [5.41, 5.74) is -3.75. The Kier molecular flexibility index (Phi) is 5.38. The molecule has 172 valence electrons. The number of thiophene rings is 1. The van der Waals surface area contributed by atoms with E-state index < -0.39 is 28.4 Å². The Hall–Kier alpha value is -3.50. The van der Waals surface area contributed by atoms with Gasteiger partial charge in [0.15, 0.2) is 0 Å². The molecular weight excluding hydrogens is 446 g/mol. The standard InChI is InChI=1S/C23H23N3O6S/c1-13-15-18(27)26(22(2,3)20(28)29)21(30)25(12-23(4,31)14-8-6-5-7-9-14)19(15)33-16(13)17-24-10-11-32-17/h5-11,31H,12H2,1-4H3,(H,28,29)/t23-/m1/s1. The van der Waals surface area contributed by atoms with Gasteiger partial charge in [0.2, 0.25) is 5.89 Å². The molecule has 0 saturated carbocycles. The number of carbonyl (C=O) groups is 1. The van der Waals surface area contributed by atoms with E-state index in [2.05, 4.69) is 4.98 Å². The van der Waals surface area contributed by atoms with Gasteiger partial charge in [-0.15, -0.1) is 11.3 Å². The van der Waals surface area contributed by atoms with E-state index in [9.17, 15) is 24.6 Å². The van der Waals surface area contributed by atoms with Crippen LogP contribution in [0.15, 0.2) is 56.8 Å². The number of aryl methyl sites for hydroxylation is 1. The molecule has 4 aromatic rings. The Balaban J connectivity index is 2.08. The molecular formula is C23H23N3O6S. The van der Waals surface area contributed by atoms with Crippen LogP contribution in [-0.4, -0.2) is 30.3 Å². The van der Waals surface area contributed by atoms with Gasteiger partial charge in [-0.2, -0.15) is 0 Å². The molecule has 0 bridgehead atoms. The van der Waals surface area contributed by atoms with Crippen LogP contribution >= 0.6 is 11.3 Å². The van der Waals surface area contributed by atoms with Crippen molar-refractivity contribution in [2.45, 2.75) is 45.4 Å². The fourth-order valence-corrected chi connectivity index (χ4v) is 5.04. The van der Waals surface area contributed by atoms with Gasteiger partial charge >= 0.3 is 11.7 Å². The highest BCUT2D eigenvalue weighted by atomic mass is 32.1. The van der Waals surface area contributed by atoms with Gasteiger partial charge in [-0.05, 0) is 38.8 Å². The van der Waals surface area contributed by atoms with Crippen LogP contribution in [-0.2, 0) is 22.5 Å². The summed E-state index contributed by atoms with van der Waals surface area (Å²) < 4.78 is 7.40. The highest BCUT2D eigenvalue weighted by molar-refractivity contribution is 7.22. The zero-order valence-corrected chi connectivity index (χ0v) is 19.3. The third kappa shape index (κ3) is 3.61. The second-order valence-electron chi connectivity index (χ2n) is 8.59. The van der Waals surface area contributed by atoms with Crippen molar-refractivity contribution in [3.05, 3.63) is 74.8 Å². The largest absolute Gasteiger partial charge is 0.480 e. The lowest BCUT2D eigenvalue weighted by Crippen LogP contribution is -2.53.